The lowest BCUT2D eigenvalue weighted by molar-refractivity contribution is -0.150. The summed E-state index contributed by atoms with van der Waals surface area (Å²) in [6.07, 6.45) is 0.791. The lowest BCUT2D eigenvalue weighted by Gasteiger charge is -2.29. The molecule has 0 bridgehead atoms. The van der Waals surface area contributed by atoms with E-state index in [1.165, 1.54) is 6.08 Å². The SMILES string of the molecule is C=CC1CC(=O)C(C(=O)OCC)N1C(=O)OC(C)(C)C. The van der Waals surface area contributed by atoms with E-state index in [0.29, 0.717) is 0 Å². The minimum Gasteiger partial charge on any atom is -0.464 e. The third-order valence-corrected chi connectivity index (χ3v) is 2.74. The van der Waals surface area contributed by atoms with Crippen LogP contribution < -0.4 is 0 Å². The summed E-state index contributed by atoms with van der Waals surface area (Å²) >= 11 is 0. The lowest BCUT2D eigenvalue weighted by Crippen LogP contribution is -2.49. The first kappa shape index (κ1) is 16.2. The van der Waals surface area contributed by atoms with Gasteiger partial charge in [-0.2, -0.15) is 0 Å². The molecule has 0 spiro atoms. The van der Waals surface area contributed by atoms with Gasteiger partial charge in [-0.1, -0.05) is 6.08 Å². The molecule has 0 N–H and O–H groups in total. The van der Waals surface area contributed by atoms with Gasteiger partial charge in [0.1, 0.15) is 5.60 Å². The third-order valence-electron chi connectivity index (χ3n) is 2.74. The quantitative estimate of drug-likeness (QED) is 0.447. The Kier molecular flexibility index (Phi) is 4.92. The van der Waals surface area contributed by atoms with Crippen molar-refractivity contribution >= 4 is 17.8 Å². The van der Waals surface area contributed by atoms with Gasteiger partial charge in [0, 0.05) is 6.42 Å². The minimum atomic E-state index is -1.24. The average molecular weight is 283 g/mol. The summed E-state index contributed by atoms with van der Waals surface area (Å²) < 4.78 is 10.1. The molecule has 1 aliphatic rings. The van der Waals surface area contributed by atoms with Crippen molar-refractivity contribution < 1.29 is 23.9 Å². The van der Waals surface area contributed by atoms with Crippen LogP contribution in [0.3, 0.4) is 0 Å². The topological polar surface area (TPSA) is 72.9 Å². The first-order valence-electron chi connectivity index (χ1n) is 6.54. The molecule has 0 radical (unpaired) electrons. The molecular formula is C14H21NO5. The second-order valence-electron chi connectivity index (χ2n) is 5.52. The van der Waals surface area contributed by atoms with Crippen LogP contribution in [0.25, 0.3) is 0 Å². The smallest absolute Gasteiger partial charge is 0.411 e. The number of hydrogen-bond acceptors (Lipinski definition) is 5. The summed E-state index contributed by atoms with van der Waals surface area (Å²) in [6, 6.07) is -1.79. The highest BCUT2D eigenvalue weighted by molar-refractivity contribution is 6.07. The minimum absolute atomic E-state index is 0.0478. The molecule has 1 saturated heterocycles. The first-order chi connectivity index (χ1) is 9.21. The van der Waals surface area contributed by atoms with Crippen LogP contribution in [0.15, 0.2) is 12.7 Å². The van der Waals surface area contributed by atoms with E-state index in [-0.39, 0.29) is 18.8 Å². The molecule has 112 valence electrons. The molecule has 2 atom stereocenters. The van der Waals surface area contributed by atoms with E-state index >= 15 is 0 Å². The fraction of sp³-hybridized carbons (Fsp3) is 0.643. The lowest BCUT2D eigenvalue weighted by atomic mass is 10.2. The molecule has 0 aromatic heterocycles. The van der Waals surface area contributed by atoms with Crippen LogP contribution in [0, 0.1) is 0 Å². The molecule has 1 heterocycles. The molecule has 0 aliphatic carbocycles. The molecule has 1 aliphatic heterocycles. The highest BCUT2D eigenvalue weighted by atomic mass is 16.6. The highest BCUT2D eigenvalue weighted by Gasteiger charge is 2.48. The number of hydrogen-bond donors (Lipinski definition) is 0. The molecule has 0 aromatic carbocycles. The standard InChI is InChI=1S/C14H21NO5/c1-6-9-8-10(16)11(12(17)19-7-2)15(9)13(18)20-14(3,4)5/h6,9,11H,1,7-8H2,2-5H3. The highest BCUT2D eigenvalue weighted by Crippen LogP contribution is 2.25. The van der Waals surface area contributed by atoms with Crippen molar-refractivity contribution in [3.8, 4) is 0 Å². The Balaban J connectivity index is 3.01. The maximum absolute atomic E-state index is 12.2. The Labute approximate surface area is 118 Å². The van der Waals surface area contributed by atoms with Gasteiger partial charge in [0.05, 0.1) is 12.6 Å². The van der Waals surface area contributed by atoms with Gasteiger partial charge >= 0.3 is 12.1 Å². The van der Waals surface area contributed by atoms with Crippen molar-refractivity contribution in [1.29, 1.82) is 0 Å². The molecule has 6 nitrogen and oxygen atoms in total. The molecular weight excluding hydrogens is 262 g/mol. The van der Waals surface area contributed by atoms with E-state index in [2.05, 4.69) is 6.58 Å². The molecule has 1 rings (SSSR count). The molecule has 0 saturated carbocycles. The fourth-order valence-electron chi connectivity index (χ4n) is 1.98. The number of nitrogens with zero attached hydrogens (tertiary/aromatic N) is 1. The van der Waals surface area contributed by atoms with Crippen LogP contribution in [-0.4, -0.2) is 47.0 Å². The van der Waals surface area contributed by atoms with E-state index in [0.717, 1.165) is 4.90 Å². The Morgan fingerprint density at radius 2 is 2.05 bits per heavy atom. The number of ether oxygens (including phenoxy) is 2. The molecule has 2 unspecified atom stereocenters. The summed E-state index contributed by atoms with van der Waals surface area (Å²) in [5, 5.41) is 0. The summed E-state index contributed by atoms with van der Waals surface area (Å²) in [4.78, 5) is 37.1. The van der Waals surface area contributed by atoms with Crippen LogP contribution >= 0.6 is 0 Å². The van der Waals surface area contributed by atoms with E-state index < -0.39 is 29.7 Å². The normalized spacial score (nSPS) is 22.6. The van der Waals surface area contributed by atoms with E-state index in [9.17, 15) is 14.4 Å². The number of amides is 1. The van der Waals surface area contributed by atoms with Crippen LogP contribution in [0.2, 0.25) is 0 Å². The predicted molar refractivity (Wildman–Crippen MR) is 72.1 cm³/mol. The number of carbonyl (C=O) groups is 3. The molecule has 6 heteroatoms. The van der Waals surface area contributed by atoms with E-state index in [1.54, 1.807) is 27.7 Å². The van der Waals surface area contributed by atoms with Crippen molar-refractivity contribution in [2.75, 3.05) is 6.61 Å². The summed E-state index contributed by atoms with van der Waals surface area (Å²) in [5.41, 5.74) is -0.715. The Hall–Kier alpha value is -1.85. The monoisotopic (exact) mass is 283 g/mol. The number of likely N-dealkylation sites (tertiary alicyclic amines) is 1. The summed E-state index contributed by atoms with van der Waals surface area (Å²) in [6.45, 7) is 10.5. The van der Waals surface area contributed by atoms with Crippen molar-refractivity contribution in [3.05, 3.63) is 12.7 Å². The molecule has 20 heavy (non-hydrogen) atoms. The number of ketones is 1. The Bertz CT molecular complexity index is 424. The van der Waals surface area contributed by atoms with Gasteiger partial charge < -0.3 is 9.47 Å². The summed E-state index contributed by atoms with van der Waals surface area (Å²) in [5.74, 6) is -1.09. The first-order valence-corrected chi connectivity index (χ1v) is 6.54. The number of esters is 1. The third kappa shape index (κ3) is 3.59. The van der Waals surface area contributed by atoms with Gasteiger partial charge in [0.2, 0.25) is 0 Å². The van der Waals surface area contributed by atoms with Crippen molar-refractivity contribution in [1.82, 2.24) is 4.90 Å². The largest absolute Gasteiger partial charge is 0.464 e. The second kappa shape index (κ2) is 6.07. The van der Waals surface area contributed by atoms with Gasteiger partial charge in [0.25, 0.3) is 0 Å². The van der Waals surface area contributed by atoms with Crippen molar-refractivity contribution in [2.24, 2.45) is 0 Å². The zero-order valence-corrected chi connectivity index (χ0v) is 12.3. The number of rotatable bonds is 3. The van der Waals surface area contributed by atoms with Gasteiger partial charge in [-0.15, -0.1) is 6.58 Å². The van der Waals surface area contributed by atoms with Gasteiger partial charge in [-0.25, -0.2) is 9.59 Å². The fourth-order valence-corrected chi connectivity index (χ4v) is 1.98. The van der Waals surface area contributed by atoms with Crippen LogP contribution in [-0.2, 0) is 19.1 Å². The van der Waals surface area contributed by atoms with E-state index in [4.69, 9.17) is 9.47 Å². The Morgan fingerprint density at radius 1 is 1.45 bits per heavy atom. The van der Waals surface area contributed by atoms with Crippen LogP contribution in [0.1, 0.15) is 34.1 Å². The summed E-state index contributed by atoms with van der Waals surface area (Å²) in [7, 11) is 0. The maximum atomic E-state index is 12.2. The molecule has 0 aromatic rings. The maximum Gasteiger partial charge on any atom is 0.411 e. The van der Waals surface area contributed by atoms with Gasteiger partial charge in [-0.3, -0.25) is 9.69 Å². The predicted octanol–water partition coefficient (Wildman–Crippen LogP) is 1.68. The average Bonchev–Trinajstić information content (AvgIpc) is 2.64. The van der Waals surface area contributed by atoms with Crippen molar-refractivity contribution in [3.63, 3.8) is 0 Å². The molecule has 1 amide bonds. The van der Waals surface area contributed by atoms with Gasteiger partial charge in [0.15, 0.2) is 11.8 Å². The Morgan fingerprint density at radius 3 is 2.50 bits per heavy atom. The van der Waals surface area contributed by atoms with E-state index in [1.807, 2.05) is 0 Å². The number of Topliss-reactive ketones (excluding diaryl/α,β-unsaturated/α-hetero) is 1. The van der Waals surface area contributed by atoms with Crippen LogP contribution in [0.4, 0.5) is 4.79 Å². The number of carbonyl (C=O) groups excluding carboxylic acids is 3. The van der Waals surface area contributed by atoms with Crippen LogP contribution in [0.5, 0.6) is 0 Å². The second-order valence-corrected chi connectivity index (χ2v) is 5.52. The molecule has 1 fully saturated rings. The van der Waals surface area contributed by atoms with Crippen molar-refractivity contribution in [2.45, 2.75) is 51.8 Å². The van der Waals surface area contributed by atoms with Gasteiger partial charge in [-0.05, 0) is 27.7 Å². The zero-order chi connectivity index (χ0) is 15.5. The zero-order valence-electron chi connectivity index (χ0n) is 12.3.